The molecule has 0 radical (unpaired) electrons. The molecule has 0 spiro atoms. The second-order valence-electron chi connectivity index (χ2n) is 9.05. The zero-order valence-electron chi connectivity index (χ0n) is 20.2. The summed E-state index contributed by atoms with van der Waals surface area (Å²) in [5.41, 5.74) is 1.11. The van der Waals surface area contributed by atoms with Gasteiger partial charge < -0.3 is 10.2 Å². The molecule has 38 heavy (non-hydrogen) atoms. The average molecular weight is 517 g/mol. The largest absolute Gasteiger partial charge is 0.435 e. The lowest BCUT2D eigenvalue weighted by molar-refractivity contribution is -0.141. The number of alkyl halides is 3. The third-order valence-electron chi connectivity index (χ3n) is 6.28. The predicted octanol–water partition coefficient (Wildman–Crippen LogP) is 7.03. The number of halogens is 3. The van der Waals surface area contributed by atoms with E-state index in [4.69, 9.17) is 6.57 Å². The third-order valence-corrected chi connectivity index (χ3v) is 6.28. The first-order valence-corrected chi connectivity index (χ1v) is 12.1. The molecular formula is C28H23F3N6O. The Bertz CT molecular complexity index is 1490. The molecule has 10 heteroatoms. The predicted molar refractivity (Wildman–Crippen MR) is 138 cm³/mol. The number of aromatic nitrogens is 3. The van der Waals surface area contributed by atoms with Crippen LogP contribution < -0.4 is 10.2 Å². The molecule has 0 bridgehead atoms. The van der Waals surface area contributed by atoms with E-state index in [1.165, 1.54) is 37.1 Å². The summed E-state index contributed by atoms with van der Waals surface area (Å²) in [6.07, 6.45) is 2.17. The molecule has 4 aromatic rings. The third kappa shape index (κ3) is 5.67. The number of amides is 1. The monoisotopic (exact) mass is 516 g/mol. The number of pyridine rings is 1. The van der Waals surface area contributed by atoms with Crippen LogP contribution in [0.2, 0.25) is 0 Å². The SMILES string of the molecule is [C-]#[N+]c1cccc(-n2nc(C(F)(F)F)cc2C(=O)Nc2cccc(N(CCC3CC3)c3ccncc3)c2)c1. The summed E-state index contributed by atoms with van der Waals surface area (Å²) in [7, 11) is 0. The normalized spacial score (nSPS) is 13.1. The molecule has 2 heterocycles. The first kappa shape index (κ1) is 25.0. The minimum atomic E-state index is -4.75. The van der Waals surface area contributed by atoms with E-state index in [0.717, 1.165) is 29.0 Å². The number of nitrogens with one attached hydrogen (secondary N) is 1. The lowest BCUT2D eigenvalue weighted by atomic mass is 10.2. The van der Waals surface area contributed by atoms with Crippen LogP contribution in [0.25, 0.3) is 10.5 Å². The number of carbonyl (C=O) groups excluding carboxylic acids is 1. The Morgan fingerprint density at radius 1 is 1.05 bits per heavy atom. The number of carbonyl (C=O) groups is 1. The zero-order chi connectivity index (χ0) is 26.7. The van der Waals surface area contributed by atoms with E-state index in [1.807, 2.05) is 18.2 Å². The van der Waals surface area contributed by atoms with Gasteiger partial charge in [0.15, 0.2) is 11.4 Å². The molecule has 192 valence electrons. The lowest BCUT2D eigenvalue weighted by Crippen LogP contribution is -2.20. The molecule has 2 aromatic heterocycles. The highest BCUT2D eigenvalue weighted by Crippen LogP contribution is 2.35. The van der Waals surface area contributed by atoms with Crippen molar-refractivity contribution in [1.82, 2.24) is 14.8 Å². The summed E-state index contributed by atoms with van der Waals surface area (Å²) in [4.78, 5) is 22.8. The van der Waals surface area contributed by atoms with E-state index < -0.39 is 17.8 Å². The van der Waals surface area contributed by atoms with Crippen molar-refractivity contribution >= 4 is 28.7 Å². The van der Waals surface area contributed by atoms with Gasteiger partial charge in [0.1, 0.15) is 5.69 Å². The molecule has 0 saturated heterocycles. The zero-order valence-corrected chi connectivity index (χ0v) is 20.2. The van der Waals surface area contributed by atoms with Gasteiger partial charge in [-0.3, -0.25) is 9.78 Å². The van der Waals surface area contributed by atoms with Crippen molar-refractivity contribution in [2.75, 3.05) is 16.8 Å². The quantitative estimate of drug-likeness (QED) is 0.256. The molecule has 1 saturated carbocycles. The molecule has 5 rings (SSSR count). The Labute approximate surface area is 217 Å². The van der Waals surface area contributed by atoms with Gasteiger partial charge in [-0.15, -0.1) is 0 Å². The van der Waals surface area contributed by atoms with Crippen molar-refractivity contribution in [2.24, 2.45) is 5.92 Å². The smallest absolute Gasteiger partial charge is 0.341 e. The van der Waals surface area contributed by atoms with Crippen LogP contribution in [0.3, 0.4) is 0 Å². The highest BCUT2D eigenvalue weighted by Gasteiger charge is 2.36. The Hall–Kier alpha value is -4.65. The van der Waals surface area contributed by atoms with E-state index in [9.17, 15) is 18.0 Å². The molecule has 0 atom stereocenters. The summed E-state index contributed by atoms with van der Waals surface area (Å²) < 4.78 is 41.4. The Balaban J connectivity index is 1.45. The van der Waals surface area contributed by atoms with Crippen LogP contribution in [0, 0.1) is 12.5 Å². The molecule has 1 aliphatic carbocycles. The molecule has 0 unspecified atom stereocenters. The minimum Gasteiger partial charge on any atom is -0.341 e. The van der Waals surface area contributed by atoms with Crippen molar-refractivity contribution in [3.8, 4) is 5.69 Å². The van der Waals surface area contributed by atoms with Gasteiger partial charge in [-0.05, 0) is 54.8 Å². The van der Waals surface area contributed by atoms with Crippen LogP contribution in [-0.2, 0) is 6.18 Å². The van der Waals surface area contributed by atoms with Gasteiger partial charge in [-0.1, -0.05) is 31.0 Å². The second kappa shape index (κ2) is 10.4. The van der Waals surface area contributed by atoms with Gasteiger partial charge in [-0.25, -0.2) is 9.53 Å². The van der Waals surface area contributed by atoms with Gasteiger partial charge in [0.2, 0.25) is 0 Å². The number of hydrogen-bond donors (Lipinski definition) is 1. The summed E-state index contributed by atoms with van der Waals surface area (Å²) in [6.45, 7) is 7.98. The summed E-state index contributed by atoms with van der Waals surface area (Å²) in [6, 6.07) is 17.6. The first-order chi connectivity index (χ1) is 18.3. The molecule has 1 amide bonds. The highest BCUT2D eigenvalue weighted by molar-refractivity contribution is 6.03. The Morgan fingerprint density at radius 2 is 1.82 bits per heavy atom. The number of nitrogens with zero attached hydrogens (tertiary/aromatic N) is 5. The van der Waals surface area contributed by atoms with E-state index in [1.54, 1.807) is 30.6 Å². The van der Waals surface area contributed by atoms with Crippen LogP contribution in [0.5, 0.6) is 0 Å². The first-order valence-electron chi connectivity index (χ1n) is 12.1. The molecule has 2 aromatic carbocycles. The number of rotatable bonds is 8. The molecular weight excluding hydrogens is 493 g/mol. The van der Waals surface area contributed by atoms with Crippen molar-refractivity contribution in [1.29, 1.82) is 0 Å². The van der Waals surface area contributed by atoms with E-state index in [-0.39, 0.29) is 17.1 Å². The molecule has 1 N–H and O–H groups in total. The van der Waals surface area contributed by atoms with Crippen molar-refractivity contribution in [3.63, 3.8) is 0 Å². The van der Waals surface area contributed by atoms with Crippen LogP contribution in [0.15, 0.2) is 79.1 Å². The van der Waals surface area contributed by atoms with Crippen LogP contribution in [0.1, 0.15) is 35.4 Å². The molecule has 0 aliphatic heterocycles. The van der Waals surface area contributed by atoms with Crippen LogP contribution in [0.4, 0.5) is 35.9 Å². The second-order valence-corrected chi connectivity index (χ2v) is 9.05. The standard InChI is InChI=1S/C28H23F3N6O/c1-32-20-4-2-7-24(16-20)37-25(18-26(35-37)28(29,30)31)27(38)34-21-5-3-6-23(17-21)36(15-12-19-8-9-19)22-10-13-33-14-11-22/h2-7,10-11,13-14,16-19H,8-9,12,15H2,(H,34,38). The van der Waals surface area contributed by atoms with Crippen LogP contribution >= 0.6 is 0 Å². The van der Waals surface area contributed by atoms with E-state index in [0.29, 0.717) is 17.7 Å². The molecule has 1 aliphatic rings. The average Bonchev–Trinajstić information content (AvgIpc) is 3.63. The fourth-order valence-corrected chi connectivity index (χ4v) is 4.17. The van der Waals surface area contributed by atoms with Gasteiger partial charge in [0.05, 0.1) is 12.3 Å². The molecule has 7 nitrogen and oxygen atoms in total. The van der Waals surface area contributed by atoms with Gasteiger partial charge >= 0.3 is 6.18 Å². The van der Waals surface area contributed by atoms with Crippen molar-refractivity contribution in [3.05, 3.63) is 102 Å². The summed E-state index contributed by atoms with van der Waals surface area (Å²) >= 11 is 0. The fraction of sp³-hybridized carbons (Fsp3) is 0.214. The molecule has 1 fully saturated rings. The maximum atomic E-state index is 13.5. The highest BCUT2D eigenvalue weighted by atomic mass is 19.4. The number of anilines is 3. The number of benzene rings is 2. The Morgan fingerprint density at radius 3 is 2.53 bits per heavy atom. The Kier molecular flexibility index (Phi) is 6.83. The summed E-state index contributed by atoms with van der Waals surface area (Å²) in [5, 5.41) is 6.35. The summed E-state index contributed by atoms with van der Waals surface area (Å²) in [5.74, 6) is -0.0431. The topological polar surface area (TPSA) is 67.4 Å². The van der Waals surface area contributed by atoms with Gasteiger partial charge in [-0.2, -0.15) is 18.3 Å². The fourth-order valence-electron chi connectivity index (χ4n) is 4.17. The van der Waals surface area contributed by atoms with Gasteiger partial charge in [0, 0.05) is 42.1 Å². The minimum absolute atomic E-state index is 0.178. The number of hydrogen-bond acceptors (Lipinski definition) is 4. The lowest BCUT2D eigenvalue weighted by Gasteiger charge is -2.25. The van der Waals surface area contributed by atoms with Crippen LogP contribution in [-0.4, -0.2) is 27.2 Å². The maximum absolute atomic E-state index is 13.5. The maximum Gasteiger partial charge on any atom is 0.435 e. The van der Waals surface area contributed by atoms with E-state index in [2.05, 4.69) is 25.1 Å². The van der Waals surface area contributed by atoms with Crippen molar-refractivity contribution in [2.45, 2.75) is 25.4 Å². The van der Waals surface area contributed by atoms with Crippen molar-refractivity contribution < 1.29 is 18.0 Å². The van der Waals surface area contributed by atoms with E-state index >= 15 is 0 Å². The van der Waals surface area contributed by atoms with Gasteiger partial charge in [0.25, 0.3) is 5.91 Å².